The van der Waals surface area contributed by atoms with E-state index in [0.717, 1.165) is 6.54 Å². The maximum absolute atomic E-state index is 11.0. The predicted octanol–water partition coefficient (Wildman–Crippen LogP) is 3.32. The van der Waals surface area contributed by atoms with Crippen LogP contribution in [0, 0.1) is 5.41 Å². The van der Waals surface area contributed by atoms with Crippen LogP contribution in [-0.4, -0.2) is 22.8 Å². The number of aldehydes is 1. The van der Waals surface area contributed by atoms with Gasteiger partial charge in [-0.3, -0.25) is 4.79 Å². The molecule has 0 aromatic carbocycles. The van der Waals surface area contributed by atoms with Crippen molar-refractivity contribution >= 4 is 23.7 Å². The van der Waals surface area contributed by atoms with Crippen LogP contribution in [0.25, 0.3) is 0 Å². The second-order valence-corrected chi connectivity index (χ2v) is 5.63. The topological polar surface area (TPSA) is 54.9 Å². The summed E-state index contributed by atoms with van der Waals surface area (Å²) in [6.07, 6.45) is 8.40. The summed E-state index contributed by atoms with van der Waals surface area (Å²) in [6.45, 7) is 3.10. The average molecular weight is 268 g/mol. The molecule has 0 amide bonds. The third kappa shape index (κ3) is 2.99. The van der Waals surface area contributed by atoms with Gasteiger partial charge in [-0.15, -0.1) is 0 Å². The normalized spacial score (nSPS) is 18.3. The van der Waals surface area contributed by atoms with Crippen LogP contribution >= 0.6 is 11.6 Å². The first kappa shape index (κ1) is 13.3. The largest absolute Gasteiger partial charge is 0.369 e. The van der Waals surface area contributed by atoms with E-state index in [9.17, 15) is 4.79 Å². The molecule has 1 aliphatic carbocycles. The fourth-order valence-electron chi connectivity index (χ4n) is 2.50. The standard InChI is InChI=1S/C13H18ClN3O/c1-13(5-3-2-4-6-13)8-15-12-10(7-18)11(14)16-9-17-12/h7,9H,2-6,8H2,1H3,(H,15,16,17). The molecule has 0 spiro atoms. The summed E-state index contributed by atoms with van der Waals surface area (Å²) in [5.41, 5.74) is 0.633. The zero-order chi connectivity index (χ0) is 13.0. The van der Waals surface area contributed by atoms with E-state index in [-0.39, 0.29) is 10.6 Å². The van der Waals surface area contributed by atoms with Gasteiger partial charge in [-0.2, -0.15) is 0 Å². The molecule has 1 aliphatic rings. The van der Waals surface area contributed by atoms with Gasteiger partial charge in [-0.1, -0.05) is 37.8 Å². The van der Waals surface area contributed by atoms with Crippen LogP contribution in [0.4, 0.5) is 5.82 Å². The van der Waals surface area contributed by atoms with Crippen LogP contribution in [0.15, 0.2) is 6.33 Å². The van der Waals surface area contributed by atoms with Crippen LogP contribution in [0.5, 0.6) is 0 Å². The highest BCUT2D eigenvalue weighted by molar-refractivity contribution is 6.32. The van der Waals surface area contributed by atoms with E-state index in [4.69, 9.17) is 11.6 Å². The molecule has 98 valence electrons. The number of aromatic nitrogens is 2. The first-order valence-electron chi connectivity index (χ1n) is 6.34. The molecular weight excluding hydrogens is 250 g/mol. The van der Waals surface area contributed by atoms with E-state index in [1.165, 1.54) is 38.4 Å². The van der Waals surface area contributed by atoms with Gasteiger partial charge >= 0.3 is 0 Å². The molecule has 1 aromatic rings. The van der Waals surface area contributed by atoms with Crippen LogP contribution in [0.2, 0.25) is 5.15 Å². The van der Waals surface area contributed by atoms with E-state index >= 15 is 0 Å². The second kappa shape index (κ2) is 5.65. The minimum atomic E-state index is 0.205. The monoisotopic (exact) mass is 267 g/mol. The fraction of sp³-hybridized carbons (Fsp3) is 0.615. The van der Waals surface area contributed by atoms with Crippen molar-refractivity contribution in [1.82, 2.24) is 9.97 Å². The van der Waals surface area contributed by atoms with Crippen molar-refractivity contribution in [2.75, 3.05) is 11.9 Å². The molecule has 0 aliphatic heterocycles. The zero-order valence-corrected chi connectivity index (χ0v) is 11.3. The van der Waals surface area contributed by atoms with Gasteiger partial charge in [0.15, 0.2) is 6.29 Å². The number of rotatable bonds is 4. The third-order valence-corrected chi connectivity index (χ3v) is 4.00. The number of halogens is 1. The van der Waals surface area contributed by atoms with E-state index in [2.05, 4.69) is 22.2 Å². The molecule has 0 unspecified atom stereocenters. The highest BCUT2D eigenvalue weighted by Crippen LogP contribution is 2.35. The van der Waals surface area contributed by atoms with Gasteiger partial charge in [0.05, 0.1) is 5.56 Å². The van der Waals surface area contributed by atoms with E-state index in [1.54, 1.807) is 0 Å². The second-order valence-electron chi connectivity index (χ2n) is 5.27. The van der Waals surface area contributed by atoms with Crippen LogP contribution in [0.1, 0.15) is 49.4 Å². The molecule has 2 rings (SSSR count). The van der Waals surface area contributed by atoms with Crippen molar-refractivity contribution in [3.63, 3.8) is 0 Å². The summed E-state index contributed by atoms with van der Waals surface area (Å²) in [6, 6.07) is 0. The van der Waals surface area contributed by atoms with Gasteiger partial charge in [0.2, 0.25) is 0 Å². The Hall–Kier alpha value is -1.16. The number of anilines is 1. The number of nitrogens with one attached hydrogen (secondary N) is 1. The molecule has 0 radical (unpaired) electrons. The summed E-state index contributed by atoms with van der Waals surface area (Å²) < 4.78 is 0. The summed E-state index contributed by atoms with van der Waals surface area (Å²) in [7, 11) is 0. The van der Waals surface area contributed by atoms with Crippen molar-refractivity contribution in [3.8, 4) is 0 Å². The number of hydrogen-bond acceptors (Lipinski definition) is 4. The lowest BCUT2D eigenvalue weighted by Gasteiger charge is -2.33. The smallest absolute Gasteiger partial charge is 0.156 e. The molecule has 0 bridgehead atoms. The third-order valence-electron chi connectivity index (χ3n) is 3.70. The lowest BCUT2D eigenvalue weighted by atomic mass is 9.76. The Morgan fingerprint density at radius 3 is 2.78 bits per heavy atom. The van der Waals surface area contributed by atoms with Crippen molar-refractivity contribution < 1.29 is 4.79 Å². The lowest BCUT2D eigenvalue weighted by molar-refractivity contribution is 0.112. The van der Waals surface area contributed by atoms with Crippen LogP contribution in [0.3, 0.4) is 0 Å². The number of carbonyl (C=O) groups is 1. The molecule has 1 fully saturated rings. The minimum Gasteiger partial charge on any atom is -0.369 e. The molecule has 4 nitrogen and oxygen atoms in total. The van der Waals surface area contributed by atoms with Gasteiger partial charge < -0.3 is 5.32 Å². The van der Waals surface area contributed by atoms with Gasteiger partial charge in [0, 0.05) is 6.54 Å². The van der Waals surface area contributed by atoms with Crippen LogP contribution < -0.4 is 5.32 Å². The Kier molecular flexibility index (Phi) is 4.17. The first-order valence-corrected chi connectivity index (χ1v) is 6.72. The fourth-order valence-corrected chi connectivity index (χ4v) is 2.68. The molecule has 1 heterocycles. The number of hydrogen-bond donors (Lipinski definition) is 1. The molecule has 5 heteroatoms. The van der Waals surface area contributed by atoms with Crippen molar-refractivity contribution in [2.24, 2.45) is 5.41 Å². The van der Waals surface area contributed by atoms with Crippen molar-refractivity contribution in [3.05, 3.63) is 17.0 Å². The highest BCUT2D eigenvalue weighted by Gasteiger charge is 2.26. The Balaban J connectivity index is 2.05. The van der Waals surface area contributed by atoms with Gasteiger partial charge in [0.25, 0.3) is 0 Å². The number of carbonyl (C=O) groups excluding carboxylic acids is 1. The van der Waals surface area contributed by atoms with Gasteiger partial charge in [-0.05, 0) is 18.3 Å². The summed E-state index contributed by atoms with van der Waals surface area (Å²) in [5, 5.41) is 3.45. The average Bonchev–Trinajstić information content (AvgIpc) is 2.37. The number of nitrogens with zero attached hydrogens (tertiary/aromatic N) is 2. The highest BCUT2D eigenvalue weighted by atomic mass is 35.5. The van der Waals surface area contributed by atoms with Gasteiger partial charge in [-0.25, -0.2) is 9.97 Å². The van der Waals surface area contributed by atoms with Crippen molar-refractivity contribution in [1.29, 1.82) is 0 Å². The maximum Gasteiger partial charge on any atom is 0.156 e. The molecule has 1 saturated carbocycles. The van der Waals surface area contributed by atoms with E-state index in [1.807, 2.05) is 0 Å². The predicted molar refractivity (Wildman–Crippen MR) is 72.1 cm³/mol. The Morgan fingerprint density at radius 1 is 1.39 bits per heavy atom. The Labute approximate surface area is 112 Å². The molecule has 1 N–H and O–H groups in total. The molecule has 18 heavy (non-hydrogen) atoms. The van der Waals surface area contributed by atoms with Crippen molar-refractivity contribution in [2.45, 2.75) is 39.0 Å². The van der Waals surface area contributed by atoms with Crippen LogP contribution in [-0.2, 0) is 0 Å². The quantitative estimate of drug-likeness (QED) is 0.672. The Bertz CT molecular complexity index is 430. The Morgan fingerprint density at radius 2 is 2.11 bits per heavy atom. The SMILES string of the molecule is CC1(CNc2ncnc(Cl)c2C=O)CCCCC1. The molecule has 1 aromatic heterocycles. The molecule has 0 saturated heterocycles. The summed E-state index contributed by atoms with van der Waals surface area (Å²) >= 11 is 5.86. The maximum atomic E-state index is 11.0. The molecule has 0 atom stereocenters. The van der Waals surface area contributed by atoms with Gasteiger partial charge in [0.1, 0.15) is 17.3 Å². The summed E-state index contributed by atoms with van der Waals surface area (Å²) in [5.74, 6) is 0.539. The molecular formula is C13H18ClN3O. The minimum absolute atomic E-state index is 0.205. The first-order chi connectivity index (χ1) is 8.64. The zero-order valence-electron chi connectivity index (χ0n) is 10.6. The lowest BCUT2D eigenvalue weighted by Crippen LogP contribution is -2.29. The van der Waals surface area contributed by atoms with E-state index in [0.29, 0.717) is 17.7 Å². The summed E-state index contributed by atoms with van der Waals surface area (Å²) in [4.78, 5) is 18.9. The van der Waals surface area contributed by atoms with E-state index < -0.39 is 0 Å².